The third kappa shape index (κ3) is 10.2. The topological polar surface area (TPSA) is 135 Å². The summed E-state index contributed by atoms with van der Waals surface area (Å²) in [7, 11) is -0.00546. The van der Waals surface area contributed by atoms with Gasteiger partial charge in [0.2, 0.25) is 11.8 Å². The number of aromatic nitrogens is 1. The van der Waals surface area contributed by atoms with Crippen LogP contribution < -0.4 is 21.7 Å². The zero-order valence-corrected chi connectivity index (χ0v) is 25.1. The minimum absolute atomic E-state index is 0.00546. The number of carbonyl (C=O) groups is 3. The molecule has 1 aromatic heterocycles. The number of halogens is 3. The van der Waals surface area contributed by atoms with E-state index in [1.54, 1.807) is 30.3 Å². The molecule has 13 heteroatoms. The molecule has 0 saturated carbocycles. The molecule has 240 valence electrons. The number of anilines is 1. The number of fused-ring (bicyclic) bond motifs is 1. The molecule has 2 amide bonds. The fraction of sp³-hybridized carbons (Fsp3) is 0.273. The van der Waals surface area contributed by atoms with Gasteiger partial charge in [0.05, 0.1) is 36.2 Å². The number of Topliss-reactive ketones (excluding diaryl/α,β-unsaturated/α-hetero) is 1. The van der Waals surface area contributed by atoms with E-state index < -0.39 is 35.4 Å². The second kappa shape index (κ2) is 16.6. The summed E-state index contributed by atoms with van der Waals surface area (Å²) in [5, 5.41) is 9.42. The van der Waals surface area contributed by atoms with Crippen LogP contribution in [0.3, 0.4) is 0 Å². The van der Waals surface area contributed by atoms with Crippen LogP contribution in [0.1, 0.15) is 34.3 Å². The van der Waals surface area contributed by atoms with Crippen molar-refractivity contribution in [1.82, 2.24) is 15.6 Å². The van der Waals surface area contributed by atoms with Crippen molar-refractivity contribution >= 4 is 41.7 Å². The van der Waals surface area contributed by atoms with E-state index >= 15 is 0 Å². The number of nitrogens with one attached hydrogen (secondary N) is 3. The molecule has 0 unspecified atom stereocenters. The van der Waals surface area contributed by atoms with Crippen molar-refractivity contribution in [3.63, 3.8) is 0 Å². The van der Waals surface area contributed by atoms with Gasteiger partial charge in [0.25, 0.3) is 7.48 Å². The van der Waals surface area contributed by atoms with Gasteiger partial charge in [-0.1, -0.05) is 60.7 Å². The summed E-state index contributed by atoms with van der Waals surface area (Å²) >= 11 is 0. The lowest BCUT2D eigenvalue weighted by Gasteiger charge is -2.22. The second-order valence-corrected chi connectivity index (χ2v) is 10.7. The minimum Gasteiger partial charge on any atom is -0.427 e. The lowest BCUT2D eigenvalue weighted by molar-refractivity contribution is -0.137. The van der Waals surface area contributed by atoms with Gasteiger partial charge in [0.1, 0.15) is 6.04 Å². The first-order chi connectivity index (χ1) is 22.1. The Kier molecular flexibility index (Phi) is 12.4. The van der Waals surface area contributed by atoms with Crippen LogP contribution in [-0.4, -0.2) is 55.9 Å². The number of para-hydroxylation sites is 1. The number of alkyl halides is 3. The predicted octanol–water partition coefficient (Wildman–Crippen LogP) is 4.25. The quantitative estimate of drug-likeness (QED) is 0.0628. The number of benzene rings is 3. The number of carbonyl (C=O) groups excluding carboxylic acids is 3. The van der Waals surface area contributed by atoms with Crippen LogP contribution in [0.5, 0.6) is 0 Å². The number of nitrogens with two attached hydrogens (primary N) is 1. The fourth-order valence-electron chi connectivity index (χ4n) is 4.84. The Hall–Kier alpha value is -4.59. The van der Waals surface area contributed by atoms with E-state index in [2.05, 4.69) is 20.9 Å². The molecule has 0 aliphatic carbocycles. The van der Waals surface area contributed by atoms with Gasteiger partial charge in [-0.15, -0.1) is 0 Å². The molecule has 5 N–H and O–H groups in total. The van der Waals surface area contributed by atoms with Gasteiger partial charge in [-0.3, -0.25) is 19.4 Å². The van der Waals surface area contributed by atoms with Crippen molar-refractivity contribution in [2.24, 2.45) is 5.73 Å². The standard InChI is InChI=1S/C33H35BF3N5O4/c35-33(36,37)25-14-12-22(13-15-25)17-29(32(45)41-26-18-24-9-4-5-11-28(24)40-19-26)42-31(44)27(34-46-21-38)10-6-16-39-20-30(43)23-7-2-1-3-8-23/h1-5,7-9,11-15,18-19,27,29,34,39H,6,10,16-17,20-21,38H2,(H,41,45)(H,42,44)/t27-,29+/m0/s1. The Labute approximate surface area is 265 Å². The van der Waals surface area contributed by atoms with Gasteiger partial charge in [0.15, 0.2) is 5.78 Å². The number of rotatable bonds is 16. The number of pyridine rings is 1. The Morgan fingerprint density at radius 2 is 1.65 bits per heavy atom. The monoisotopic (exact) mass is 633 g/mol. The van der Waals surface area contributed by atoms with Crippen LogP contribution >= 0.6 is 0 Å². The van der Waals surface area contributed by atoms with Crippen molar-refractivity contribution in [2.45, 2.75) is 37.3 Å². The highest BCUT2D eigenvalue weighted by Crippen LogP contribution is 2.29. The molecule has 4 aromatic rings. The summed E-state index contributed by atoms with van der Waals surface area (Å²) in [6, 6.07) is 21.3. The highest BCUT2D eigenvalue weighted by atomic mass is 19.4. The summed E-state index contributed by atoms with van der Waals surface area (Å²) in [6.07, 6.45) is -2.20. The normalized spacial score (nSPS) is 12.7. The average Bonchev–Trinajstić information content (AvgIpc) is 3.05. The van der Waals surface area contributed by atoms with Gasteiger partial charge < -0.3 is 26.3 Å². The fourth-order valence-corrected chi connectivity index (χ4v) is 4.84. The molecular formula is C33H35BF3N5O4. The summed E-state index contributed by atoms with van der Waals surface area (Å²) < 4.78 is 44.7. The van der Waals surface area contributed by atoms with E-state index in [9.17, 15) is 27.6 Å². The first kappa shape index (κ1) is 34.3. The number of nitrogens with zero attached hydrogens (tertiary/aromatic N) is 1. The highest BCUT2D eigenvalue weighted by molar-refractivity contribution is 6.37. The molecule has 0 saturated heterocycles. The first-order valence-electron chi connectivity index (χ1n) is 14.8. The largest absolute Gasteiger partial charge is 0.427 e. The van der Waals surface area contributed by atoms with E-state index in [-0.39, 0.29) is 33.0 Å². The SMILES string of the molecule is NCOB[C@@H](CCCNCC(=O)c1ccccc1)C(=O)N[C@H](Cc1ccc(C(F)(F)F)cc1)C(=O)Nc1cnc2ccccc2c1. The lowest BCUT2D eigenvalue weighted by Crippen LogP contribution is -2.47. The molecule has 1 heterocycles. The molecule has 46 heavy (non-hydrogen) atoms. The van der Waals surface area contributed by atoms with E-state index in [1.165, 1.54) is 18.3 Å². The van der Waals surface area contributed by atoms with Crippen LogP contribution in [-0.2, 0) is 26.8 Å². The van der Waals surface area contributed by atoms with Crippen LogP contribution in [0.15, 0.2) is 91.1 Å². The maximum Gasteiger partial charge on any atom is 0.416 e. The van der Waals surface area contributed by atoms with Crippen molar-refractivity contribution in [3.05, 3.63) is 108 Å². The molecule has 4 rings (SSSR count). The third-order valence-corrected chi connectivity index (χ3v) is 7.31. The van der Waals surface area contributed by atoms with Crippen molar-refractivity contribution < 1.29 is 32.2 Å². The zero-order valence-electron chi connectivity index (χ0n) is 25.1. The van der Waals surface area contributed by atoms with E-state index in [0.29, 0.717) is 36.2 Å². The van der Waals surface area contributed by atoms with E-state index in [4.69, 9.17) is 10.4 Å². The molecule has 9 nitrogen and oxygen atoms in total. The molecule has 0 bridgehead atoms. The van der Waals surface area contributed by atoms with Gasteiger partial charge in [-0.2, -0.15) is 13.2 Å². The number of hydrogen-bond acceptors (Lipinski definition) is 7. The van der Waals surface area contributed by atoms with Crippen molar-refractivity contribution in [1.29, 1.82) is 0 Å². The third-order valence-electron chi connectivity index (χ3n) is 7.31. The molecule has 0 fully saturated rings. The second-order valence-electron chi connectivity index (χ2n) is 10.7. The van der Waals surface area contributed by atoms with Gasteiger partial charge in [0, 0.05) is 23.2 Å². The molecule has 0 aliphatic heterocycles. The Bertz CT molecular complexity index is 1610. The minimum atomic E-state index is -4.51. The van der Waals surface area contributed by atoms with Crippen LogP contribution in [0.2, 0.25) is 5.82 Å². The first-order valence-corrected chi connectivity index (χ1v) is 14.8. The van der Waals surface area contributed by atoms with Gasteiger partial charge in [-0.25, -0.2) is 0 Å². The molecule has 0 aliphatic rings. The number of ketones is 1. The maximum atomic E-state index is 13.5. The van der Waals surface area contributed by atoms with E-state index in [1.807, 2.05) is 30.3 Å². The molecule has 0 radical (unpaired) electrons. The van der Waals surface area contributed by atoms with Gasteiger partial charge >= 0.3 is 6.18 Å². The summed E-state index contributed by atoms with van der Waals surface area (Å²) in [5.41, 5.74) is 6.84. The Morgan fingerprint density at radius 1 is 0.935 bits per heavy atom. The van der Waals surface area contributed by atoms with Crippen LogP contribution in [0, 0.1) is 0 Å². The summed E-state index contributed by atoms with van der Waals surface area (Å²) in [6.45, 7) is 0.479. The average molecular weight is 633 g/mol. The highest BCUT2D eigenvalue weighted by Gasteiger charge is 2.31. The molecule has 3 aromatic carbocycles. The van der Waals surface area contributed by atoms with Crippen LogP contribution in [0.25, 0.3) is 10.9 Å². The number of amides is 2. The summed E-state index contributed by atoms with van der Waals surface area (Å²) in [4.78, 5) is 43.7. The van der Waals surface area contributed by atoms with Gasteiger partial charge in [-0.05, 0) is 49.2 Å². The Balaban J connectivity index is 1.43. The summed E-state index contributed by atoms with van der Waals surface area (Å²) in [5.74, 6) is -1.78. The number of hydrogen-bond donors (Lipinski definition) is 4. The van der Waals surface area contributed by atoms with E-state index in [0.717, 1.165) is 23.0 Å². The Morgan fingerprint density at radius 3 is 2.37 bits per heavy atom. The maximum absolute atomic E-state index is 13.5. The molecule has 2 atom stereocenters. The smallest absolute Gasteiger partial charge is 0.416 e. The molecule has 0 spiro atoms. The lowest BCUT2D eigenvalue weighted by atomic mass is 9.76. The zero-order chi connectivity index (χ0) is 32.9. The molecular weight excluding hydrogens is 598 g/mol. The van der Waals surface area contributed by atoms with Crippen molar-refractivity contribution in [2.75, 3.05) is 25.1 Å². The predicted molar refractivity (Wildman–Crippen MR) is 171 cm³/mol. The van der Waals surface area contributed by atoms with Crippen LogP contribution in [0.4, 0.5) is 18.9 Å². The van der Waals surface area contributed by atoms with Crippen molar-refractivity contribution in [3.8, 4) is 0 Å².